The monoisotopic (exact) mass is 651 g/mol. The molecular weight excluding hydrogens is 598 g/mol. The van der Waals surface area contributed by atoms with E-state index in [0.29, 0.717) is 38.3 Å². The first-order chi connectivity index (χ1) is 22.5. The molecule has 1 unspecified atom stereocenters. The number of aryl methyl sites for hydroxylation is 3. The molecule has 5 rings (SSSR count). The fraction of sp³-hybridized carbons (Fsp3) is 0.583. The van der Waals surface area contributed by atoms with Gasteiger partial charge in [0.1, 0.15) is 5.75 Å². The fourth-order valence-corrected chi connectivity index (χ4v) is 6.72. The number of carbonyl (C=O) groups is 3. The smallest absolute Gasteiger partial charge is 0.407 e. The quantitative estimate of drug-likeness (QED) is 0.367. The van der Waals surface area contributed by atoms with Crippen LogP contribution >= 0.6 is 0 Å². The Hall–Kier alpha value is -3.83. The minimum Gasteiger partial charge on any atom is -0.507 e. The second kappa shape index (κ2) is 16.8. The number of hydrogen-bond donors (Lipinski definition) is 3. The molecule has 0 aromatic heterocycles. The van der Waals surface area contributed by atoms with Crippen molar-refractivity contribution in [3.63, 3.8) is 0 Å². The van der Waals surface area contributed by atoms with Crippen LogP contribution in [0.3, 0.4) is 0 Å². The van der Waals surface area contributed by atoms with Crippen LogP contribution < -0.4 is 10.6 Å². The maximum Gasteiger partial charge on any atom is 0.407 e. The number of phenols is 1. The molecule has 0 saturated carbocycles. The minimum atomic E-state index is -0.607. The number of aromatic hydroxyl groups is 1. The van der Waals surface area contributed by atoms with E-state index < -0.39 is 6.09 Å². The number of para-hydroxylation sites is 1. The molecule has 3 heterocycles. The van der Waals surface area contributed by atoms with Gasteiger partial charge in [0, 0.05) is 69.8 Å². The lowest BCUT2D eigenvalue weighted by Crippen LogP contribution is -2.58. The van der Waals surface area contributed by atoms with Gasteiger partial charge in [0.25, 0.3) is 5.91 Å². The van der Waals surface area contributed by atoms with Gasteiger partial charge in [-0.05, 0) is 82.6 Å². The van der Waals surface area contributed by atoms with E-state index in [4.69, 9.17) is 9.47 Å². The fourth-order valence-electron chi connectivity index (χ4n) is 6.72. The summed E-state index contributed by atoms with van der Waals surface area (Å²) in [5.41, 5.74) is 5.23. The van der Waals surface area contributed by atoms with Crippen LogP contribution in [0.1, 0.15) is 61.8 Å². The van der Waals surface area contributed by atoms with Crippen LogP contribution in [0.25, 0.3) is 0 Å². The molecule has 2 aromatic rings. The van der Waals surface area contributed by atoms with Crippen LogP contribution in [0.5, 0.6) is 5.75 Å². The highest BCUT2D eigenvalue weighted by Crippen LogP contribution is 2.28. The van der Waals surface area contributed by atoms with Crippen molar-refractivity contribution in [2.75, 3.05) is 64.4 Å². The molecule has 3 aliphatic rings. The second-order valence-electron chi connectivity index (χ2n) is 13.1. The number of benzene rings is 2. The molecule has 0 bridgehead atoms. The van der Waals surface area contributed by atoms with Crippen LogP contribution in [0.15, 0.2) is 36.4 Å². The SMILES string of the molecule is CCC(CCNC(=O)OCC(=O)N1CCN(C2(C)CCOCC2)CC1)N1CCc2ccccc2NC1=O.Cc1cc(C)c(O)c(C)c1. The zero-order valence-corrected chi connectivity index (χ0v) is 28.8. The third-order valence-electron chi connectivity index (χ3n) is 9.73. The van der Waals surface area contributed by atoms with Crippen LogP contribution in [0.2, 0.25) is 0 Å². The van der Waals surface area contributed by atoms with Gasteiger partial charge in [-0.15, -0.1) is 0 Å². The van der Waals surface area contributed by atoms with Crippen molar-refractivity contribution in [3.05, 3.63) is 58.7 Å². The second-order valence-corrected chi connectivity index (χ2v) is 13.1. The number of piperazine rings is 1. The van der Waals surface area contributed by atoms with E-state index in [1.807, 2.05) is 69.0 Å². The summed E-state index contributed by atoms with van der Waals surface area (Å²) >= 11 is 0. The Labute approximate surface area is 279 Å². The van der Waals surface area contributed by atoms with Gasteiger partial charge >= 0.3 is 12.1 Å². The molecule has 47 heavy (non-hydrogen) atoms. The maximum absolute atomic E-state index is 12.8. The number of phenolic OH excluding ortho intramolecular Hbond substituents is 1. The molecule has 1 atom stereocenters. The molecule has 0 spiro atoms. The highest BCUT2D eigenvalue weighted by Gasteiger charge is 2.36. The number of hydrogen-bond acceptors (Lipinski definition) is 7. The number of carbonyl (C=O) groups excluding carboxylic acids is 3. The van der Waals surface area contributed by atoms with Crippen LogP contribution in [-0.4, -0.2) is 109 Å². The number of amides is 4. The summed E-state index contributed by atoms with van der Waals surface area (Å²) in [5, 5.41) is 15.1. The highest BCUT2D eigenvalue weighted by molar-refractivity contribution is 5.91. The highest BCUT2D eigenvalue weighted by atomic mass is 16.6. The molecule has 2 saturated heterocycles. The third kappa shape index (κ3) is 9.84. The number of anilines is 1. The molecule has 0 aliphatic carbocycles. The first-order valence-corrected chi connectivity index (χ1v) is 16.9. The molecule has 11 nitrogen and oxygen atoms in total. The van der Waals surface area contributed by atoms with Gasteiger partial charge in [-0.25, -0.2) is 9.59 Å². The zero-order valence-electron chi connectivity index (χ0n) is 28.8. The van der Waals surface area contributed by atoms with E-state index in [1.54, 1.807) is 4.90 Å². The van der Waals surface area contributed by atoms with Gasteiger partial charge in [0.15, 0.2) is 6.61 Å². The Bertz CT molecular complexity index is 1350. The average molecular weight is 652 g/mol. The molecule has 4 amide bonds. The van der Waals surface area contributed by atoms with Gasteiger partial charge in [0.2, 0.25) is 0 Å². The summed E-state index contributed by atoms with van der Waals surface area (Å²) in [5.74, 6) is 0.254. The number of fused-ring (bicyclic) bond motifs is 1. The van der Waals surface area contributed by atoms with E-state index >= 15 is 0 Å². The van der Waals surface area contributed by atoms with Crippen molar-refractivity contribution in [3.8, 4) is 5.75 Å². The van der Waals surface area contributed by atoms with Crippen molar-refractivity contribution in [1.29, 1.82) is 0 Å². The van der Waals surface area contributed by atoms with E-state index in [-0.39, 0.29) is 30.1 Å². The van der Waals surface area contributed by atoms with Crippen molar-refractivity contribution < 1.29 is 29.0 Å². The summed E-state index contributed by atoms with van der Waals surface area (Å²) in [4.78, 5) is 43.7. The lowest BCUT2D eigenvalue weighted by atomic mass is 9.89. The zero-order chi connectivity index (χ0) is 34.0. The molecule has 258 valence electrons. The lowest BCUT2D eigenvalue weighted by Gasteiger charge is -2.47. The van der Waals surface area contributed by atoms with Crippen molar-refractivity contribution in [2.24, 2.45) is 0 Å². The first-order valence-electron chi connectivity index (χ1n) is 16.9. The van der Waals surface area contributed by atoms with Crippen LogP contribution in [-0.2, 0) is 20.7 Å². The predicted molar refractivity (Wildman–Crippen MR) is 183 cm³/mol. The Morgan fingerprint density at radius 3 is 2.36 bits per heavy atom. The molecule has 3 aliphatic heterocycles. The topological polar surface area (TPSA) is 124 Å². The Balaban J connectivity index is 0.000000427. The summed E-state index contributed by atoms with van der Waals surface area (Å²) in [7, 11) is 0. The lowest BCUT2D eigenvalue weighted by molar-refractivity contribution is -0.137. The van der Waals surface area contributed by atoms with Gasteiger partial charge in [-0.1, -0.05) is 42.8 Å². The Morgan fingerprint density at radius 1 is 1.04 bits per heavy atom. The van der Waals surface area contributed by atoms with Gasteiger partial charge < -0.3 is 35.0 Å². The largest absolute Gasteiger partial charge is 0.507 e. The van der Waals surface area contributed by atoms with E-state index in [0.717, 1.165) is 74.4 Å². The van der Waals surface area contributed by atoms with E-state index in [2.05, 4.69) is 22.5 Å². The standard InChI is InChI=1S/C27H41N5O5.C9H12O/c1-3-22(32-13-9-21-6-4-5-7-23(21)29-25(32)34)8-12-28-26(35)37-20-24(33)30-14-16-31(17-15-30)27(2)10-18-36-19-11-27;1-6-4-7(2)9(10)8(3)5-6/h4-7,22H,3,8-20H2,1-2H3,(H,28,35)(H,29,34);4-5,10H,1-3H3. The predicted octanol–water partition coefficient (Wildman–Crippen LogP) is 5.00. The van der Waals surface area contributed by atoms with E-state index in [9.17, 15) is 19.5 Å². The molecule has 0 radical (unpaired) electrons. The number of ether oxygens (including phenoxy) is 2. The average Bonchev–Trinajstić information content (AvgIpc) is 3.23. The minimum absolute atomic E-state index is 0.00914. The summed E-state index contributed by atoms with van der Waals surface area (Å²) < 4.78 is 10.7. The van der Waals surface area contributed by atoms with Crippen molar-refractivity contribution >= 4 is 23.7 Å². The number of alkyl carbamates (subject to hydrolysis) is 1. The molecular formula is C36H53N5O6. The molecule has 3 N–H and O–H groups in total. The van der Waals surface area contributed by atoms with Gasteiger partial charge in [-0.2, -0.15) is 0 Å². The number of nitrogens with one attached hydrogen (secondary N) is 2. The number of rotatable bonds is 8. The summed E-state index contributed by atoms with van der Waals surface area (Å²) in [6.45, 7) is 15.4. The summed E-state index contributed by atoms with van der Waals surface area (Å²) in [6, 6.07) is 11.7. The Morgan fingerprint density at radius 2 is 1.70 bits per heavy atom. The molecule has 2 fully saturated rings. The molecule has 2 aromatic carbocycles. The number of nitrogens with zero attached hydrogens (tertiary/aromatic N) is 3. The van der Waals surface area contributed by atoms with Crippen molar-refractivity contribution in [2.45, 2.75) is 78.3 Å². The molecule has 11 heteroatoms. The van der Waals surface area contributed by atoms with Gasteiger partial charge in [-0.3, -0.25) is 9.69 Å². The van der Waals surface area contributed by atoms with Crippen LogP contribution in [0.4, 0.5) is 15.3 Å². The Kier molecular flexibility index (Phi) is 12.9. The normalized spacial score (nSPS) is 18.5. The van der Waals surface area contributed by atoms with Gasteiger partial charge in [0.05, 0.1) is 0 Å². The third-order valence-corrected chi connectivity index (χ3v) is 9.73. The van der Waals surface area contributed by atoms with Crippen LogP contribution in [0, 0.1) is 20.8 Å². The summed E-state index contributed by atoms with van der Waals surface area (Å²) in [6.07, 6.45) is 3.58. The first kappa shape index (κ1) is 36.0. The van der Waals surface area contributed by atoms with E-state index in [1.165, 1.54) is 5.56 Å². The maximum atomic E-state index is 12.8. The number of urea groups is 1. The van der Waals surface area contributed by atoms with Crippen molar-refractivity contribution in [1.82, 2.24) is 20.0 Å².